The van der Waals surface area contributed by atoms with E-state index in [1.807, 2.05) is 30.9 Å². The molecule has 2 atom stereocenters. The molecule has 2 heterocycles. The highest BCUT2D eigenvalue weighted by Gasteiger charge is 2.20. The molecule has 2 N–H and O–H groups in total. The number of nitrogens with zero attached hydrogens (tertiary/aromatic N) is 2. The average molecular weight is 237 g/mol. The molecule has 2 rings (SSSR count). The zero-order valence-electron chi connectivity index (χ0n) is 9.89. The van der Waals surface area contributed by atoms with Crippen LogP contribution in [0.1, 0.15) is 25.1 Å². The molecular formula is C12H19N3S. The zero-order chi connectivity index (χ0) is 11.5. The summed E-state index contributed by atoms with van der Waals surface area (Å²) in [6, 6.07) is 4.82. The average Bonchev–Trinajstić information content (AvgIpc) is 2.81. The lowest BCUT2D eigenvalue weighted by atomic mass is 10.2. The Morgan fingerprint density at radius 2 is 2.38 bits per heavy atom. The van der Waals surface area contributed by atoms with E-state index in [-0.39, 0.29) is 6.04 Å². The van der Waals surface area contributed by atoms with Crippen LogP contribution in [0, 0.1) is 0 Å². The van der Waals surface area contributed by atoms with Gasteiger partial charge in [0, 0.05) is 24.9 Å². The van der Waals surface area contributed by atoms with E-state index in [0.717, 1.165) is 5.69 Å². The van der Waals surface area contributed by atoms with Crippen molar-refractivity contribution in [3.05, 3.63) is 24.0 Å². The summed E-state index contributed by atoms with van der Waals surface area (Å²) in [7, 11) is 2.15. The molecule has 0 radical (unpaired) electrons. The predicted octanol–water partition coefficient (Wildman–Crippen LogP) is 2.04. The van der Waals surface area contributed by atoms with Gasteiger partial charge in [0.2, 0.25) is 0 Å². The Balaban J connectivity index is 2.08. The highest BCUT2D eigenvalue weighted by atomic mass is 32.2. The summed E-state index contributed by atoms with van der Waals surface area (Å²) in [6.07, 6.45) is 3.21. The maximum atomic E-state index is 5.78. The number of anilines is 1. The summed E-state index contributed by atoms with van der Waals surface area (Å²) < 4.78 is 0. The van der Waals surface area contributed by atoms with Gasteiger partial charge in [-0.15, -0.1) is 0 Å². The van der Waals surface area contributed by atoms with Gasteiger partial charge in [-0.1, -0.05) is 0 Å². The van der Waals surface area contributed by atoms with Crippen molar-refractivity contribution >= 4 is 17.4 Å². The number of thioether (sulfide) groups is 1. The minimum Gasteiger partial charge on any atom is -0.370 e. The number of nitrogens with two attached hydrogens (primary N) is 1. The van der Waals surface area contributed by atoms with Crippen molar-refractivity contribution in [2.24, 2.45) is 5.73 Å². The molecule has 1 aromatic heterocycles. The fourth-order valence-corrected chi connectivity index (χ4v) is 3.18. The summed E-state index contributed by atoms with van der Waals surface area (Å²) >= 11 is 2.03. The maximum Gasteiger partial charge on any atom is 0.0569 e. The molecule has 1 saturated heterocycles. The molecule has 1 aliphatic rings. The third kappa shape index (κ3) is 2.50. The normalized spacial score (nSPS) is 22.1. The SMILES string of the molecule is C[C@@H](N)c1ccc(N(C)C2CCSC2)cn1. The third-order valence-electron chi connectivity index (χ3n) is 3.10. The summed E-state index contributed by atoms with van der Waals surface area (Å²) in [4.78, 5) is 6.73. The van der Waals surface area contributed by atoms with E-state index in [0.29, 0.717) is 6.04 Å². The van der Waals surface area contributed by atoms with Crippen molar-refractivity contribution in [3.8, 4) is 0 Å². The van der Waals surface area contributed by atoms with Gasteiger partial charge < -0.3 is 10.6 Å². The Hall–Kier alpha value is -0.740. The molecule has 88 valence electrons. The van der Waals surface area contributed by atoms with Gasteiger partial charge >= 0.3 is 0 Å². The standard InChI is InChI=1S/C12H19N3S/c1-9(13)12-4-3-10(7-14-12)15(2)11-5-6-16-8-11/h3-4,7,9,11H,5-6,8,13H2,1-2H3/t9-,11?/m1/s1. The van der Waals surface area contributed by atoms with E-state index in [2.05, 4.69) is 23.0 Å². The Kier molecular flexibility index (Phi) is 3.71. The first-order valence-electron chi connectivity index (χ1n) is 5.70. The molecular weight excluding hydrogens is 218 g/mol. The van der Waals surface area contributed by atoms with Crippen LogP contribution in [0.25, 0.3) is 0 Å². The van der Waals surface area contributed by atoms with Gasteiger partial charge in [-0.05, 0) is 31.2 Å². The van der Waals surface area contributed by atoms with Crippen LogP contribution >= 0.6 is 11.8 Å². The first-order valence-corrected chi connectivity index (χ1v) is 6.86. The smallest absolute Gasteiger partial charge is 0.0569 e. The number of rotatable bonds is 3. The Bertz CT molecular complexity index is 331. The second kappa shape index (κ2) is 5.06. The quantitative estimate of drug-likeness (QED) is 0.873. The first kappa shape index (κ1) is 11.7. The first-order chi connectivity index (χ1) is 7.68. The fraction of sp³-hybridized carbons (Fsp3) is 0.583. The molecule has 0 amide bonds. The number of hydrogen-bond acceptors (Lipinski definition) is 4. The molecule has 4 heteroatoms. The molecule has 0 aliphatic carbocycles. The molecule has 16 heavy (non-hydrogen) atoms. The highest BCUT2D eigenvalue weighted by Crippen LogP contribution is 2.25. The minimum atomic E-state index is 0.0152. The van der Waals surface area contributed by atoms with E-state index < -0.39 is 0 Å². The predicted molar refractivity (Wildman–Crippen MR) is 71.0 cm³/mol. The van der Waals surface area contributed by atoms with Crippen molar-refractivity contribution in [1.29, 1.82) is 0 Å². The van der Waals surface area contributed by atoms with Crippen LogP contribution in [-0.4, -0.2) is 29.6 Å². The van der Waals surface area contributed by atoms with Crippen LogP contribution in [0.4, 0.5) is 5.69 Å². The topological polar surface area (TPSA) is 42.1 Å². The molecule has 1 unspecified atom stereocenters. The Labute approximate surface area is 101 Å². The number of hydrogen-bond donors (Lipinski definition) is 1. The van der Waals surface area contributed by atoms with Crippen LogP contribution in [0.3, 0.4) is 0 Å². The molecule has 1 fully saturated rings. The van der Waals surface area contributed by atoms with Gasteiger partial charge in [0.25, 0.3) is 0 Å². The molecule has 0 aromatic carbocycles. The molecule has 0 bridgehead atoms. The van der Waals surface area contributed by atoms with Crippen LogP contribution in [0.15, 0.2) is 18.3 Å². The lowest BCUT2D eigenvalue weighted by molar-refractivity contribution is 0.696. The van der Waals surface area contributed by atoms with E-state index in [1.54, 1.807) is 0 Å². The molecule has 0 saturated carbocycles. The van der Waals surface area contributed by atoms with E-state index in [9.17, 15) is 0 Å². The van der Waals surface area contributed by atoms with Crippen molar-refractivity contribution in [1.82, 2.24) is 4.98 Å². The number of aromatic nitrogens is 1. The second-order valence-electron chi connectivity index (χ2n) is 4.36. The van der Waals surface area contributed by atoms with Crippen LogP contribution < -0.4 is 10.6 Å². The van der Waals surface area contributed by atoms with Gasteiger partial charge in [-0.25, -0.2) is 0 Å². The van der Waals surface area contributed by atoms with Gasteiger partial charge in [-0.2, -0.15) is 11.8 Å². The van der Waals surface area contributed by atoms with E-state index in [4.69, 9.17) is 5.73 Å². The third-order valence-corrected chi connectivity index (χ3v) is 4.24. The molecule has 3 nitrogen and oxygen atoms in total. The molecule has 1 aromatic rings. The van der Waals surface area contributed by atoms with Gasteiger partial charge in [0.15, 0.2) is 0 Å². The summed E-state index contributed by atoms with van der Waals surface area (Å²) in [5.41, 5.74) is 7.93. The molecule has 1 aliphatic heterocycles. The van der Waals surface area contributed by atoms with Gasteiger partial charge in [0.1, 0.15) is 0 Å². The van der Waals surface area contributed by atoms with Gasteiger partial charge in [0.05, 0.1) is 17.6 Å². The van der Waals surface area contributed by atoms with Crippen LogP contribution in [0.5, 0.6) is 0 Å². The van der Waals surface area contributed by atoms with E-state index >= 15 is 0 Å². The van der Waals surface area contributed by atoms with Crippen LogP contribution in [0.2, 0.25) is 0 Å². The van der Waals surface area contributed by atoms with E-state index in [1.165, 1.54) is 23.6 Å². The second-order valence-corrected chi connectivity index (χ2v) is 5.51. The summed E-state index contributed by atoms with van der Waals surface area (Å²) in [6.45, 7) is 1.96. The number of pyridine rings is 1. The highest BCUT2D eigenvalue weighted by molar-refractivity contribution is 7.99. The minimum absolute atomic E-state index is 0.0152. The van der Waals surface area contributed by atoms with Crippen LogP contribution in [-0.2, 0) is 0 Å². The molecule has 0 spiro atoms. The van der Waals surface area contributed by atoms with Crippen molar-refractivity contribution in [2.45, 2.75) is 25.4 Å². The van der Waals surface area contributed by atoms with Gasteiger partial charge in [-0.3, -0.25) is 4.98 Å². The van der Waals surface area contributed by atoms with Crippen molar-refractivity contribution < 1.29 is 0 Å². The maximum absolute atomic E-state index is 5.78. The summed E-state index contributed by atoms with van der Waals surface area (Å²) in [5, 5.41) is 0. The lowest BCUT2D eigenvalue weighted by Crippen LogP contribution is -2.31. The fourth-order valence-electron chi connectivity index (χ4n) is 1.91. The zero-order valence-corrected chi connectivity index (χ0v) is 10.7. The Morgan fingerprint density at radius 1 is 1.56 bits per heavy atom. The van der Waals surface area contributed by atoms with Crippen molar-refractivity contribution in [2.75, 3.05) is 23.5 Å². The Morgan fingerprint density at radius 3 is 2.88 bits per heavy atom. The summed E-state index contributed by atoms with van der Waals surface area (Å²) in [5.74, 6) is 2.51. The van der Waals surface area contributed by atoms with Crippen molar-refractivity contribution in [3.63, 3.8) is 0 Å². The lowest BCUT2D eigenvalue weighted by Gasteiger charge is -2.25. The largest absolute Gasteiger partial charge is 0.370 e. The monoisotopic (exact) mass is 237 g/mol.